The third-order valence-electron chi connectivity index (χ3n) is 3.99. The molecule has 0 atom stereocenters. The molecule has 18 heavy (non-hydrogen) atoms. The van der Waals surface area contributed by atoms with E-state index in [1.54, 1.807) is 6.33 Å². The smallest absolute Gasteiger partial charge is 0.132 e. The zero-order valence-electron chi connectivity index (χ0n) is 11.0. The van der Waals surface area contributed by atoms with Gasteiger partial charge in [-0.25, -0.2) is 9.97 Å². The molecule has 5 heteroatoms. The molecule has 98 valence electrons. The van der Waals surface area contributed by atoms with E-state index in [0.717, 1.165) is 63.2 Å². The molecule has 0 bridgehead atoms. The Kier molecular flexibility index (Phi) is 3.43. The molecule has 2 fully saturated rings. The van der Waals surface area contributed by atoms with Crippen LogP contribution in [0.1, 0.15) is 12.6 Å². The summed E-state index contributed by atoms with van der Waals surface area (Å²) in [6.07, 6.45) is 2.67. The molecule has 0 saturated carbocycles. The number of hydrogen-bond acceptors (Lipinski definition) is 5. The molecule has 0 unspecified atom stereocenters. The van der Waals surface area contributed by atoms with Crippen LogP contribution in [0.25, 0.3) is 0 Å². The fraction of sp³-hybridized carbons (Fsp3) is 0.692. The highest BCUT2D eigenvalue weighted by atomic mass is 15.3. The summed E-state index contributed by atoms with van der Waals surface area (Å²) in [5.41, 5.74) is 1.13. The Morgan fingerprint density at radius 2 is 2.00 bits per heavy atom. The van der Waals surface area contributed by atoms with Crippen LogP contribution in [0.5, 0.6) is 0 Å². The SMILES string of the molecule is CCc1cc(N2CCN(C3CNC3)CC2)ncn1. The standard InChI is InChI=1S/C13H21N5/c1-2-11-7-13(16-10-15-11)18-5-3-17(4-6-18)12-8-14-9-12/h7,10,12,14H,2-6,8-9H2,1H3. The molecule has 1 aromatic rings. The van der Waals surface area contributed by atoms with Crippen LogP contribution in [-0.2, 0) is 6.42 Å². The summed E-state index contributed by atoms with van der Waals surface area (Å²) < 4.78 is 0. The molecule has 0 aromatic carbocycles. The molecule has 5 nitrogen and oxygen atoms in total. The number of anilines is 1. The van der Waals surface area contributed by atoms with Gasteiger partial charge in [0.25, 0.3) is 0 Å². The predicted octanol–water partition coefficient (Wildman–Crippen LogP) is 0.133. The molecule has 3 rings (SSSR count). The predicted molar refractivity (Wildman–Crippen MR) is 71.9 cm³/mol. The van der Waals surface area contributed by atoms with Crippen LogP contribution in [0.3, 0.4) is 0 Å². The summed E-state index contributed by atoms with van der Waals surface area (Å²) in [4.78, 5) is 13.6. The monoisotopic (exact) mass is 247 g/mol. The number of piperazine rings is 1. The Balaban J connectivity index is 1.60. The van der Waals surface area contributed by atoms with E-state index in [-0.39, 0.29) is 0 Å². The van der Waals surface area contributed by atoms with Gasteiger partial charge in [-0.05, 0) is 6.42 Å². The van der Waals surface area contributed by atoms with Crippen molar-refractivity contribution in [3.8, 4) is 0 Å². The quantitative estimate of drug-likeness (QED) is 0.823. The fourth-order valence-electron chi connectivity index (χ4n) is 2.60. The number of nitrogens with one attached hydrogen (secondary N) is 1. The van der Waals surface area contributed by atoms with E-state index in [1.165, 1.54) is 0 Å². The van der Waals surface area contributed by atoms with Crippen LogP contribution in [0.15, 0.2) is 12.4 Å². The second-order valence-corrected chi connectivity index (χ2v) is 5.06. The first-order valence-corrected chi connectivity index (χ1v) is 6.87. The summed E-state index contributed by atoms with van der Waals surface area (Å²) in [5.74, 6) is 1.09. The van der Waals surface area contributed by atoms with Gasteiger partial charge < -0.3 is 10.2 Å². The zero-order valence-corrected chi connectivity index (χ0v) is 11.0. The van der Waals surface area contributed by atoms with E-state index >= 15 is 0 Å². The molecule has 0 radical (unpaired) electrons. The lowest BCUT2D eigenvalue weighted by Crippen LogP contribution is -2.61. The Morgan fingerprint density at radius 3 is 2.61 bits per heavy atom. The van der Waals surface area contributed by atoms with E-state index in [9.17, 15) is 0 Å². The third-order valence-corrected chi connectivity index (χ3v) is 3.99. The molecule has 2 aliphatic heterocycles. The van der Waals surface area contributed by atoms with Gasteiger partial charge in [0.1, 0.15) is 12.1 Å². The highest BCUT2D eigenvalue weighted by Crippen LogP contribution is 2.16. The van der Waals surface area contributed by atoms with E-state index < -0.39 is 0 Å². The fourth-order valence-corrected chi connectivity index (χ4v) is 2.60. The van der Waals surface area contributed by atoms with Crippen LogP contribution < -0.4 is 10.2 Å². The largest absolute Gasteiger partial charge is 0.354 e. The maximum atomic E-state index is 4.40. The van der Waals surface area contributed by atoms with Crippen molar-refractivity contribution in [1.82, 2.24) is 20.2 Å². The van der Waals surface area contributed by atoms with Crippen molar-refractivity contribution in [2.45, 2.75) is 19.4 Å². The Hall–Kier alpha value is -1.20. The van der Waals surface area contributed by atoms with Crippen molar-refractivity contribution in [3.05, 3.63) is 18.1 Å². The average molecular weight is 247 g/mol. The number of hydrogen-bond donors (Lipinski definition) is 1. The first-order chi connectivity index (χ1) is 8.86. The lowest BCUT2D eigenvalue weighted by Gasteiger charge is -2.43. The van der Waals surface area contributed by atoms with Gasteiger partial charge in [0.15, 0.2) is 0 Å². The van der Waals surface area contributed by atoms with Gasteiger partial charge in [0, 0.05) is 57.1 Å². The van der Waals surface area contributed by atoms with Crippen molar-refractivity contribution < 1.29 is 0 Å². The lowest BCUT2D eigenvalue weighted by atomic mass is 10.1. The molecule has 1 N–H and O–H groups in total. The highest BCUT2D eigenvalue weighted by Gasteiger charge is 2.27. The second-order valence-electron chi connectivity index (χ2n) is 5.06. The van der Waals surface area contributed by atoms with E-state index in [1.807, 2.05) is 0 Å². The van der Waals surface area contributed by atoms with Crippen LogP contribution >= 0.6 is 0 Å². The minimum absolute atomic E-state index is 0.767. The summed E-state index contributed by atoms with van der Waals surface area (Å²) >= 11 is 0. The van der Waals surface area contributed by atoms with Gasteiger partial charge in [-0.3, -0.25) is 4.90 Å². The maximum Gasteiger partial charge on any atom is 0.132 e. The minimum Gasteiger partial charge on any atom is -0.354 e. The molecule has 2 saturated heterocycles. The molecular formula is C13H21N5. The van der Waals surface area contributed by atoms with Crippen molar-refractivity contribution >= 4 is 5.82 Å². The van der Waals surface area contributed by atoms with E-state index in [4.69, 9.17) is 0 Å². The van der Waals surface area contributed by atoms with Gasteiger partial charge in [-0.1, -0.05) is 6.92 Å². The number of rotatable bonds is 3. The number of nitrogens with zero attached hydrogens (tertiary/aromatic N) is 4. The second kappa shape index (κ2) is 5.20. The van der Waals surface area contributed by atoms with Crippen molar-refractivity contribution in [2.75, 3.05) is 44.2 Å². The van der Waals surface area contributed by atoms with E-state index in [2.05, 4.69) is 38.1 Å². The summed E-state index contributed by atoms with van der Waals surface area (Å²) in [7, 11) is 0. The third kappa shape index (κ3) is 2.33. The Labute approximate surface area is 108 Å². The van der Waals surface area contributed by atoms with Crippen LogP contribution in [-0.4, -0.2) is 60.2 Å². The molecule has 1 aromatic heterocycles. The van der Waals surface area contributed by atoms with Gasteiger partial charge in [-0.2, -0.15) is 0 Å². The molecule has 2 aliphatic rings. The van der Waals surface area contributed by atoms with Crippen LogP contribution in [0, 0.1) is 0 Å². The van der Waals surface area contributed by atoms with Gasteiger partial charge >= 0.3 is 0 Å². The molecule has 0 amide bonds. The number of aromatic nitrogens is 2. The number of aryl methyl sites for hydroxylation is 1. The van der Waals surface area contributed by atoms with Crippen molar-refractivity contribution in [1.29, 1.82) is 0 Å². The average Bonchev–Trinajstić information content (AvgIpc) is 2.38. The van der Waals surface area contributed by atoms with Crippen LogP contribution in [0.4, 0.5) is 5.82 Å². The lowest BCUT2D eigenvalue weighted by molar-refractivity contribution is 0.137. The van der Waals surface area contributed by atoms with E-state index in [0.29, 0.717) is 0 Å². The van der Waals surface area contributed by atoms with Crippen LogP contribution in [0.2, 0.25) is 0 Å². The minimum atomic E-state index is 0.767. The first kappa shape index (κ1) is 11.9. The topological polar surface area (TPSA) is 44.3 Å². The highest BCUT2D eigenvalue weighted by molar-refractivity contribution is 5.39. The molecule has 3 heterocycles. The van der Waals surface area contributed by atoms with Crippen molar-refractivity contribution in [3.63, 3.8) is 0 Å². The zero-order chi connectivity index (χ0) is 12.4. The maximum absolute atomic E-state index is 4.40. The summed E-state index contributed by atoms with van der Waals surface area (Å²) in [6, 6.07) is 2.89. The van der Waals surface area contributed by atoms with Gasteiger partial charge in [0.2, 0.25) is 0 Å². The molecule has 0 spiro atoms. The molecule has 0 aliphatic carbocycles. The first-order valence-electron chi connectivity index (χ1n) is 6.87. The Bertz CT molecular complexity index is 396. The summed E-state index contributed by atoms with van der Waals surface area (Å²) in [5, 5.41) is 3.34. The Morgan fingerprint density at radius 1 is 1.22 bits per heavy atom. The van der Waals surface area contributed by atoms with Gasteiger partial charge in [0.05, 0.1) is 0 Å². The van der Waals surface area contributed by atoms with Crippen molar-refractivity contribution in [2.24, 2.45) is 0 Å². The normalized spacial score (nSPS) is 21.9. The van der Waals surface area contributed by atoms with Gasteiger partial charge in [-0.15, -0.1) is 0 Å². The molecular weight excluding hydrogens is 226 g/mol. The summed E-state index contributed by atoms with van der Waals surface area (Å²) in [6.45, 7) is 8.91.